The molecular formula is C30H42N6O3S. The average molecular weight is 567 g/mol. The molecule has 7 N–H and O–H groups in total. The molecule has 0 fully saturated rings. The molecule has 40 heavy (non-hydrogen) atoms. The van der Waals surface area contributed by atoms with Crippen molar-refractivity contribution < 1.29 is 14.7 Å². The summed E-state index contributed by atoms with van der Waals surface area (Å²) in [6.07, 6.45) is 22.8. The standard InChI is InChI=1S/C30H42N6O3S/c1-30(2,39)20-23-12-8-11-22(17-23)19-27(38)34-29-36-35-28(40-29)14-7-6-13-24(31)15-16-25(32)33-26(37)18-21-9-4-3-5-10-21/h4,8-10,12,15-17,22,39H,3,5-7,11,13-14,18-20,31-32H2,1-2H3,(H,33,37)(H,34,36,38)/b24-15-,25-16+. The number of nitrogens with zero attached hydrogens (tertiary/aromatic N) is 2. The van der Waals surface area contributed by atoms with Gasteiger partial charge in [-0.1, -0.05) is 47.8 Å². The SMILES string of the molecule is CC(C)(O)CC1=CC(CC(=O)Nc2nnc(CCCC/C(N)=C/C=C(\N)NC(=O)CC3=CCCC=C3)s2)CC=C1. The minimum Gasteiger partial charge on any atom is -0.402 e. The lowest BCUT2D eigenvalue weighted by molar-refractivity contribution is -0.119. The predicted molar refractivity (Wildman–Crippen MR) is 161 cm³/mol. The number of allylic oxidation sites excluding steroid dienone is 9. The highest BCUT2D eigenvalue weighted by molar-refractivity contribution is 7.15. The zero-order chi connectivity index (χ0) is 29.0. The van der Waals surface area contributed by atoms with Crippen LogP contribution in [0, 0.1) is 5.92 Å². The van der Waals surface area contributed by atoms with Gasteiger partial charge in [-0.2, -0.15) is 0 Å². The van der Waals surface area contributed by atoms with Crippen molar-refractivity contribution in [2.75, 3.05) is 5.32 Å². The molecule has 1 aromatic heterocycles. The van der Waals surface area contributed by atoms with Crippen molar-refractivity contribution in [1.29, 1.82) is 0 Å². The minimum absolute atomic E-state index is 0.0915. The largest absolute Gasteiger partial charge is 0.402 e. The first-order valence-corrected chi connectivity index (χ1v) is 14.7. The maximum atomic E-state index is 12.5. The number of anilines is 1. The molecule has 0 aliphatic heterocycles. The van der Waals surface area contributed by atoms with E-state index in [1.807, 2.05) is 12.2 Å². The third-order valence-electron chi connectivity index (χ3n) is 6.32. The van der Waals surface area contributed by atoms with Crippen LogP contribution in [0.4, 0.5) is 5.13 Å². The third kappa shape index (κ3) is 12.1. The van der Waals surface area contributed by atoms with E-state index in [-0.39, 0.29) is 23.6 Å². The van der Waals surface area contributed by atoms with Gasteiger partial charge in [-0.05, 0) is 81.6 Å². The van der Waals surface area contributed by atoms with Crippen molar-refractivity contribution in [1.82, 2.24) is 15.5 Å². The Bertz CT molecular complexity index is 1220. The van der Waals surface area contributed by atoms with Crippen molar-refractivity contribution in [2.45, 2.75) is 83.7 Å². The number of unbranched alkanes of at least 4 members (excludes halogenated alkanes) is 1. The zero-order valence-corrected chi connectivity index (χ0v) is 24.3. The Morgan fingerprint density at radius 1 is 1.10 bits per heavy atom. The number of aromatic nitrogens is 2. The second-order valence-electron chi connectivity index (χ2n) is 10.9. The van der Waals surface area contributed by atoms with Crippen molar-refractivity contribution in [3.8, 4) is 0 Å². The van der Waals surface area contributed by atoms with Crippen LogP contribution in [0.2, 0.25) is 0 Å². The van der Waals surface area contributed by atoms with Gasteiger partial charge >= 0.3 is 0 Å². The molecule has 0 radical (unpaired) electrons. The van der Waals surface area contributed by atoms with Crippen LogP contribution in [0.5, 0.6) is 0 Å². The molecule has 0 saturated heterocycles. The summed E-state index contributed by atoms with van der Waals surface area (Å²) in [6.45, 7) is 3.56. The van der Waals surface area contributed by atoms with Crippen LogP contribution in [0.3, 0.4) is 0 Å². The lowest BCUT2D eigenvalue weighted by Gasteiger charge is -2.21. The van der Waals surface area contributed by atoms with Gasteiger partial charge in [0.25, 0.3) is 0 Å². The highest BCUT2D eigenvalue weighted by Crippen LogP contribution is 2.26. The Morgan fingerprint density at radius 2 is 1.90 bits per heavy atom. The van der Waals surface area contributed by atoms with Gasteiger partial charge < -0.3 is 27.2 Å². The molecule has 2 amide bonds. The second kappa shape index (κ2) is 15.3. The molecule has 1 heterocycles. The van der Waals surface area contributed by atoms with E-state index >= 15 is 0 Å². The summed E-state index contributed by atoms with van der Waals surface area (Å²) < 4.78 is 0. The Kier molecular flexibility index (Phi) is 11.9. The van der Waals surface area contributed by atoms with E-state index in [0.717, 1.165) is 54.7 Å². The smallest absolute Gasteiger partial charge is 0.229 e. The van der Waals surface area contributed by atoms with Crippen LogP contribution < -0.4 is 22.1 Å². The Hall–Kier alpha value is -3.50. The normalized spacial score (nSPS) is 17.8. The van der Waals surface area contributed by atoms with Crippen LogP contribution in [-0.2, 0) is 16.0 Å². The predicted octanol–water partition coefficient (Wildman–Crippen LogP) is 4.67. The number of amides is 2. The van der Waals surface area contributed by atoms with Crippen LogP contribution in [0.1, 0.15) is 76.6 Å². The van der Waals surface area contributed by atoms with E-state index in [2.05, 4.69) is 45.1 Å². The van der Waals surface area contributed by atoms with Gasteiger partial charge in [0.2, 0.25) is 16.9 Å². The summed E-state index contributed by atoms with van der Waals surface area (Å²) in [5.74, 6) is 0.130. The number of nitrogens with two attached hydrogens (primary N) is 2. The van der Waals surface area contributed by atoms with Gasteiger partial charge in [0, 0.05) is 25.0 Å². The Balaban J connectivity index is 1.34. The molecule has 1 atom stereocenters. The van der Waals surface area contributed by atoms with Crippen molar-refractivity contribution in [3.05, 3.63) is 76.3 Å². The topological polar surface area (TPSA) is 156 Å². The Labute approximate surface area is 240 Å². The molecule has 0 bridgehead atoms. The molecule has 1 aromatic rings. The van der Waals surface area contributed by atoms with Crippen molar-refractivity contribution in [2.24, 2.45) is 17.4 Å². The van der Waals surface area contributed by atoms with Crippen LogP contribution in [0.15, 0.2) is 71.3 Å². The average Bonchev–Trinajstić information content (AvgIpc) is 3.32. The highest BCUT2D eigenvalue weighted by Gasteiger charge is 2.19. The van der Waals surface area contributed by atoms with Crippen LogP contribution in [-0.4, -0.2) is 32.7 Å². The number of rotatable bonds is 14. The van der Waals surface area contributed by atoms with Crippen LogP contribution in [0.25, 0.3) is 0 Å². The molecule has 0 aromatic carbocycles. The molecule has 1 unspecified atom stereocenters. The van der Waals surface area contributed by atoms with Crippen molar-refractivity contribution in [3.63, 3.8) is 0 Å². The minimum atomic E-state index is -0.778. The fourth-order valence-electron chi connectivity index (χ4n) is 4.51. The van der Waals surface area contributed by atoms with Gasteiger partial charge in [0.15, 0.2) is 0 Å². The zero-order valence-electron chi connectivity index (χ0n) is 23.5. The molecular weight excluding hydrogens is 524 g/mol. The fraction of sp³-hybridized carbons (Fsp3) is 0.467. The molecule has 2 aliphatic carbocycles. The van der Waals surface area contributed by atoms with Crippen LogP contribution >= 0.6 is 11.3 Å². The quantitative estimate of drug-likeness (QED) is 0.162. The van der Waals surface area contributed by atoms with Gasteiger partial charge in [0.05, 0.1) is 12.0 Å². The van der Waals surface area contributed by atoms with Gasteiger partial charge in [0.1, 0.15) is 10.8 Å². The summed E-state index contributed by atoms with van der Waals surface area (Å²) in [7, 11) is 0. The summed E-state index contributed by atoms with van der Waals surface area (Å²) in [4.78, 5) is 24.7. The first kappa shape index (κ1) is 31.0. The van der Waals surface area contributed by atoms with E-state index in [1.165, 1.54) is 11.3 Å². The number of carbonyl (C=O) groups is 2. The van der Waals surface area contributed by atoms with E-state index in [4.69, 9.17) is 11.5 Å². The molecule has 3 rings (SSSR count). The maximum absolute atomic E-state index is 12.5. The summed E-state index contributed by atoms with van der Waals surface area (Å²) in [5, 5.41) is 25.3. The molecule has 10 heteroatoms. The van der Waals surface area contributed by atoms with Crippen molar-refractivity contribution >= 4 is 28.3 Å². The molecule has 216 valence electrons. The molecule has 0 spiro atoms. The third-order valence-corrected chi connectivity index (χ3v) is 7.22. The molecule has 0 saturated carbocycles. The van der Waals surface area contributed by atoms with Gasteiger partial charge in [-0.25, -0.2) is 0 Å². The Morgan fingerprint density at radius 3 is 2.65 bits per heavy atom. The van der Waals surface area contributed by atoms with E-state index in [1.54, 1.807) is 26.0 Å². The lowest BCUT2D eigenvalue weighted by atomic mass is 9.88. The number of nitrogens with one attached hydrogen (secondary N) is 2. The number of carbonyl (C=O) groups excluding carboxylic acids is 2. The van der Waals surface area contributed by atoms with E-state index < -0.39 is 5.60 Å². The molecule has 9 nitrogen and oxygen atoms in total. The van der Waals surface area contributed by atoms with Gasteiger partial charge in [-0.15, -0.1) is 10.2 Å². The van der Waals surface area contributed by atoms with Gasteiger partial charge in [-0.3, -0.25) is 9.59 Å². The molecule has 2 aliphatic rings. The van der Waals surface area contributed by atoms with E-state index in [0.29, 0.717) is 36.5 Å². The first-order valence-electron chi connectivity index (χ1n) is 13.8. The first-order chi connectivity index (χ1) is 19.1. The fourth-order valence-corrected chi connectivity index (χ4v) is 5.31. The number of aryl methyl sites for hydroxylation is 1. The summed E-state index contributed by atoms with van der Waals surface area (Å²) in [6, 6.07) is 0. The van der Waals surface area contributed by atoms with E-state index in [9.17, 15) is 14.7 Å². The maximum Gasteiger partial charge on any atom is 0.229 e. The lowest BCUT2D eigenvalue weighted by Crippen LogP contribution is -2.27. The number of aliphatic hydroxyl groups is 1. The summed E-state index contributed by atoms with van der Waals surface area (Å²) in [5.41, 5.74) is 14.0. The monoisotopic (exact) mass is 566 g/mol. The number of hydrogen-bond donors (Lipinski definition) is 5. The summed E-state index contributed by atoms with van der Waals surface area (Å²) >= 11 is 1.39. The highest BCUT2D eigenvalue weighted by atomic mass is 32.1. The number of hydrogen-bond acceptors (Lipinski definition) is 8. The second-order valence-corrected chi connectivity index (χ2v) is 12.0.